The van der Waals surface area contributed by atoms with Gasteiger partial charge in [-0.3, -0.25) is 4.72 Å². The van der Waals surface area contributed by atoms with E-state index in [0.29, 0.717) is 11.8 Å². The second-order valence-electron chi connectivity index (χ2n) is 6.14. The first kappa shape index (κ1) is 22.1. The third kappa shape index (κ3) is 4.62. The molecular formula is C17H20ClF3N4O2S. The van der Waals surface area contributed by atoms with Gasteiger partial charge < -0.3 is 16.0 Å². The molecule has 0 atom stereocenters. The number of benzene rings is 2. The van der Waals surface area contributed by atoms with Crippen LogP contribution in [0.15, 0.2) is 35.2 Å². The van der Waals surface area contributed by atoms with E-state index in [1.165, 1.54) is 12.1 Å². The summed E-state index contributed by atoms with van der Waals surface area (Å²) >= 11 is 0. The Morgan fingerprint density at radius 2 is 1.79 bits per heavy atom. The molecular weight excluding hydrogens is 417 g/mol. The fourth-order valence-electron chi connectivity index (χ4n) is 2.88. The Bertz CT molecular complexity index is 952. The van der Waals surface area contributed by atoms with E-state index in [0.717, 1.165) is 38.7 Å². The number of nitrogens with zero attached hydrogens (tertiary/aromatic N) is 1. The zero-order chi connectivity index (χ0) is 19.6. The molecule has 0 amide bonds. The minimum atomic E-state index is -4.23. The molecule has 0 bridgehead atoms. The predicted molar refractivity (Wildman–Crippen MR) is 105 cm³/mol. The highest BCUT2D eigenvalue weighted by molar-refractivity contribution is 7.92. The lowest BCUT2D eigenvalue weighted by atomic mass is 10.2. The molecule has 0 aliphatic carbocycles. The fourth-order valence-corrected chi connectivity index (χ4v) is 3.98. The third-order valence-electron chi connectivity index (χ3n) is 4.27. The number of nitrogen functional groups attached to an aromatic ring is 1. The molecule has 28 heavy (non-hydrogen) atoms. The molecule has 11 heteroatoms. The molecule has 3 rings (SSSR count). The van der Waals surface area contributed by atoms with Crippen LogP contribution in [0.5, 0.6) is 0 Å². The summed E-state index contributed by atoms with van der Waals surface area (Å²) in [6.45, 7) is 3.19. The lowest BCUT2D eigenvalue weighted by Gasteiger charge is -2.24. The molecule has 1 saturated heterocycles. The van der Waals surface area contributed by atoms with Gasteiger partial charge in [-0.05, 0) is 43.3 Å². The van der Waals surface area contributed by atoms with Gasteiger partial charge in [0.1, 0.15) is 0 Å². The highest BCUT2D eigenvalue weighted by Crippen LogP contribution is 2.29. The van der Waals surface area contributed by atoms with E-state index in [4.69, 9.17) is 5.73 Å². The summed E-state index contributed by atoms with van der Waals surface area (Å²) in [6.07, 6.45) is 0.927. The van der Waals surface area contributed by atoms with E-state index in [1.807, 2.05) is 9.62 Å². The molecule has 0 saturated carbocycles. The lowest BCUT2D eigenvalue weighted by molar-refractivity contribution is 0.449. The Balaban J connectivity index is 0.00000280. The number of rotatable bonds is 4. The monoisotopic (exact) mass is 436 g/mol. The van der Waals surface area contributed by atoms with Crippen LogP contribution < -0.4 is 20.7 Å². The van der Waals surface area contributed by atoms with Crippen molar-refractivity contribution in [3.8, 4) is 0 Å². The Morgan fingerprint density at radius 3 is 2.50 bits per heavy atom. The van der Waals surface area contributed by atoms with Gasteiger partial charge >= 0.3 is 0 Å². The first-order valence-corrected chi connectivity index (χ1v) is 9.79. The van der Waals surface area contributed by atoms with Gasteiger partial charge in [0.25, 0.3) is 10.0 Å². The minimum absolute atomic E-state index is 0. The number of sulfonamides is 1. The van der Waals surface area contributed by atoms with Crippen LogP contribution >= 0.6 is 12.4 Å². The molecule has 0 unspecified atom stereocenters. The van der Waals surface area contributed by atoms with Gasteiger partial charge in [-0.15, -0.1) is 12.4 Å². The van der Waals surface area contributed by atoms with Gasteiger partial charge in [-0.1, -0.05) is 0 Å². The standard InChI is InChI=1S/C17H19F3N4O2S.ClH/c18-12-3-4-14(17(20)16(12)19)23-27(25,26)11-2-5-15(13(21)10-11)24-8-1-6-22-7-9-24;/h2-5,10,22-23H,1,6-9,21H2;1H. The molecule has 0 aromatic heterocycles. The van der Waals surface area contributed by atoms with E-state index < -0.39 is 33.2 Å². The van der Waals surface area contributed by atoms with Crippen molar-refractivity contribution in [3.63, 3.8) is 0 Å². The van der Waals surface area contributed by atoms with Gasteiger partial charge in [-0.2, -0.15) is 0 Å². The van der Waals surface area contributed by atoms with Gasteiger partial charge in [0.05, 0.1) is 22.0 Å². The van der Waals surface area contributed by atoms with Crippen molar-refractivity contribution in [3.05, 3.63) is 47.8 Å². The molecule has 0 radical (unpaired) electrons. The van der Waals surface area contributed by atoms with Gasteiger partial charge in [-0.25, -0.2) is 21.6 Å². The summed E-state index contributed by atoms with van der Waals surface area (Å²) in [4.78, 5) is 1.84. The zero-order valence-corrected chi connectivity index (χ0v) is 16.3. The molecule has 1 aliphatic heterocycles. The van der Waals surface area contributed by atoms with Crippen LogP contribution in [0, 0.1) is 17.5 Å². The van der Waals surface area contributed by atoms with Crippen molar-refractivity contribution in [1.29, 1.82) is 0 Å². The maximum absolute atomic E-state index is 13.8. The van der Waals surface area contributed by atoms with Crippen molar-refractivity contribution in [1.82, 2.24) is 5.32 Å². The summed E-state index contributed by atoms with van der Waals surface area (Å²) in [6, 6.07) is 5.63. The third-order valence-corrected chi connectivity index (χ3v) is 5.63. The van der Waals surface area contributed by atoms with Crippen LogP contribution in [0.1, 0.15) is 6.42 Å². The van der Waals surface area contributed by atoms with Crippen molar-refractivity contribution >= 4 is 39.5 Å². The molecule has 4 N–H and O–H groups in total. The van der Waals surface area contributed by atoms with Crippen molar-refractivity contribution < 1.29 is 21.6 Å². The van der Waals surface area contributed by atoms with Gasteiger partial charge in [0.15, 0.2) is 17.5 Å². The van der Waals surface area contributed by atoms with Crippen molar-refractivity contribution in [2.45, 2.75) is 11.3 Å². The largest absolute Gasteiger partial charge is 0.397 e. The zero-order valence-electron chi connectivity index (χ0n) is 14.7. The maximum atomic E-state index is 13.8. The van der Waals surface area contributed by atoms with E-state index >= 15 is 0 Å². The minimum Gasteiger partial charge on any atom is -0.397 e. The highest BCUT2D eigenvalue weighted by Gasteiger charge is 2.21. The van der Waals surface area contributed by atoms with Gasteiger partial charge in [0, 0.05) is 19.6 Å². The first-order chi connectivity index (χ1) is 12.8. The molecule has 0 spiro atoms. The highest BCUT2D eigenvalue weighted by atomic mass is 35.5. The summed E-state index contributed by atoms with van der Waals surface area (Å²) in [5.41, 5.74) is 6.30. The van der Waals surface area contributed by atoms with Crippen LogP contribution in [-0.4, -0.2) is 34.6 Å². The van der Waals surface area contributed by atoms with Crippen LogP contribution in [0.4, 0.5) is 30.2 Å². The Labute approximate surface area is 167 Å². The second kappa shape index (κ2) is 8.89. The number of hydrogen-bond donors (Lipinski definition) is 3. The van der Waals surface area contributed by atoms with E-state index in [2.05, 4.69) is 5.32 Å². The van der Waals surface area contributed by atoms with Crippen molar-refractivity contribution in [2.24, 2.45) is 0 Å². The molecule has 2 aromatic carbocycles. The topological polar surface area (TPSA) is 87.5 Å². The molecule has 154 valence electrons. The quantitative estimate of drug-likeness (QED) is 0.506. The molecule has 2 aromatic rings. The summed E-state index contributed by atoms with van der Waals surface area (Å²) in [7, 11) is -4.23. The molecule has 1 aliphatic rings. The number of nitrogens with one attached hydrogen (secondary N) is 2. The Hall–Kier alpha value is -2.17. The predicted octanol–water partition coefficient (Wildman–Crippen LogP) is 2.71. The molecule has 1 fully saturated rings. The van der Waals surface area contributed by atoms with E-state index in [9.17, 15) is 21.6 Å². The van der Waals surface area contributed by atoms with Crippen LogP contribution in [0.2, 0.25) is 0 Å². The normalized spacial score (nSPS) is 14.9. The average molecular weight is 437 g/mol. The summed E-state index contributed by atoms with van der Waals surface area (Å²) < 4.78 is 66.9. The van der Waals surface area contributed by atoms with Crippen LogP contribution in [0.25, 0.3) is 0 Å². The van der Waals surface area contributed by atoms with E-state index in [-0.39, 0.29) is 23.0 Å². The van der Waals surface area contributed by atoms with Crippen LogP contribution in [0.3, 0.4) is 0 Å². The average Bonchev–Trinajstić information content (AvgIpc) is 2.91. The summed E-state index contributed by atoms with van der Waals surface area (Å²) in [5.74, 6) is -4.77. The van der Waals surface area contributed by atoms with Gasteiger partial charge in [0.2, 0.25) is 0 Å². The fraction of sp³-hybridized carbons (Fsp3) is 0.294. The Morgan fingerprint density at radius 1 is 1.04 bits per heavy atom. The number of nitrogens with two attached hydrogens (primary N) is 1. The number of hydrogen-bond acceptors (Lipinski definition) is 5. The molecule has 1 heterocycles. The number of halogens is 4. The molecule has 6 nitrogen and oxygen atoms in total. The smallest absolute Gasteiger partial charge is 0.262 e. The Kier molecular flexibility index (Phi) is 7.02. The van der Waals surface area contributed by atoms with Crippen LogP contribution in [-0.2, 0) is 10.0 Å². The van der Waals surface area contributed by atoms with E-state index in [1.54, 1.807) is 6.07 Å². The first-order valence-electron chi connectivity index (χ1n) is 8.31. The van der Waals surface area contributed by atoms with Crippen molar-refractivity contribution in [2.75, 3.05) is 41.5 Å². The lowest BCUT2D eigenvalue weighted by Crippen LogP contribution is -2.28. The maximum Gasteiger partial charge on any atom is 0.262 e. The second-order valence-corrected chi connectivity index (χ2v) is 7.82. The number of anilines is 3. The SMILES string of the molecule is Cl.Nc1cc(S(=O)(=O)Nc2ccc(F)c(F)c2F)ccc1N1CCCNCC1. The summed E-state index contributed by atoms with van der Waals surface area (Å²) in [5, 5.41) is 3.26.